The SMILES string of the molecule is CC1(C)Cc2cccc(OCC(=O)N(Cc3ccccc3)c3nc4c(F)cccc4s3)c2O1. The number of hydrogen-bond donors (Lipinski definition) is 0. The minimum absolute atomic E-state index is 0.189. The van der Waals surface area contributed by atoms with Gasteiger partial charge in [0.15, 0.2) is 23.2 Å². The summed E-state index contributed by atoms with van der Waals surface area (Å²) < 4.78 is 26.9. The van der Waals surface area contributed by atoms with Crippen LogP contribution < -0.4 is 14.4 Å². The first-order valence-corrected chi connectivity index (χ1v) is 11.5. The maximum atomic E-state index is 14.3. The van der Waals surface area contributed by atoms with Crippen molar-refractivity contribution in [3.05, 3.63) is 83.7 Å². The van der Waals surface area contributed by atoms with E-state index in [0.29, 0.717) is 27.9 Å². The van der Waals surface area contributed by atoms with Crippen molar-refractivity contribution in [1.29, 1.82) is 0 Å². The molecule has 1 aromatic heterocycles. The number of nitrogens with zero attached hydrogens (tertiary/aromatic N) is 2. The Bertz CT molecular complexity index is 1320. The fourth-order valence-electron chi connectivity index (χ4n) is 3.97. The normalized spacial score (nSPS) is 14.0. The Labute approximate surface area is 195 Å². The molecular weight excluding hydrogens is 439 g/mol. The van der Waals surface area contributed by atoms with Crippen molar-refractivity contribution in [3.8, 4) is 11.5 Å². The number of carbonyl (C=O) groups is 1. The standard InChI is InChI=1S/C26H23FN2O3S/c1-26(2)14-18-10-6-12-20(24(18)32-26)31-16-22(30)29(15-17-8-4-3-5-9-17)25-28-23-19(27)11-7-13-21(23)33-25/h3-13H,14-16H2,1-2H3. The molecule has 168 valence electrons. The van der Waals surface area contributed by atoms with E-state index in [1.807, 2.05) is 62.4 Å². The van der Waals surface area contributed by atoms with Crippen LogP contribution in [0.25, 0.3) is 10.2 Å². The van der Waals surface area contributed by atoms with Crippen LogP contribution in [0.2, 0.25) is 0 Å². The van der Waals surface area contributed by atoms with Crippen LogP contribution in [0.4, 0.5) is 9.52 Å². The van der Waals surface area contributed by atoms with Gasteiger partial charge >= 0.3 is 0 Å². The Morgan fingerprint density at radius 3 is 2.70 bits per heavy atom. The molecule has 0 radical (unpaired) electrons. The first-order chi connectivity index (χ1) is 15.9. The second-order valence-corrected chi connectivity index (χ2v) is 9.63. The zero-order valence-corrected chi connectivity index (χ0v) is 19.2. The number of halogens is 1. The van der Waals surface area contributed by atoms with Crippen molar-refractivity contribution in [2.75, 3.05) is 11.5 Å². The second kappa shape index (κ2) is 8.48. The van der Waals surface area contributed by atoms with Gasteiger partial charge < -0.3 is 9.47 Å². The molecule has 2 heterocycles. The molecule has 0 saturated carbocycles. The van der Waals surface area contributed by atoms with E-state index in [-0.39, 0.29) is 23.6 Å². The molecule has 5 rings (SSSR count). The Morgan fingerprint density at radius 2 is 1.91 bits per heavy atom. The molecule has 1 amide bonds. The van der Waals surface area contributed by atoms with E-state index in [1.165, 1.54) is 17.4 Å². The lowest BCUT2D eigenvalue weighted by Crippen LogP contribution is -2.34. The van der Waals surface area contributed by atoms with Gasteiger partial charge in [0.1, 0.15) is 16.9 Å². The van der Waals surface area contributed by atoms with Gasteiger partial charge in [-0.05, 0) is 37.6 Å². The van der Waals surface area contributed by atoms with Gasteiger partial charge in [-0.3, -0.25) is 9.69 Å². The molecule has 5 nitrogen and oxygen atoms in total. The summed E-state index contributed by atoms with van der Waals surface area (Å²) in [6, 6.07) is 20.2. The van der Waals surface area contributed by atoms with Gasteiger partial charge in [-0.1, -0.05) is 59.9 Å². The number of amides is 1. The van der Waals surface area contributed by atoms with Crippen LogP contribution in [0.15, 0.2) is 66.7 Å². The molecule has 7 heteroatoms. The van der Waals surface area contributed by atoms with Gasteiger partial charge in [0.2, 0.25) is 0 Å². The quantitative estimate of drug-likeness (QED) is 0.366. The average Bonchev–Trinajstić information content (AvgIpc) is 3.37. The third-order valence-electron chi connectivity index (χ3n) is 5.48. The molecule has 0 N–H and O–H groups in total. The van der Waals surface area contributed by atoms with Crippen LogP contribution in [-0.2, 0) is 17.8 Å². The van der Waals surface area contributed by atoms with Crippen LogP contribution in [0, 0.1) is 5.82 Å². The topological polar surface area (TPSA) is 51.7 Å². The van der Waals surface area contributed by atoms with Crippen molar-refractivity contribution in [2.24, 2.45) is 0 Å². The third-order valence-corrected chi connectivity index (χ3v) is 6.52. The van der Waals surface area contributed by atoms with Crippen LogP contribution in [0.3, 0.4) is 0 Å². The summed E-state index contributed by atoms with van der Waals surface area (Å²) in [4.78, 5) is 19.3. The number of aromatic nitrogens is 1. The summed E-state index contributed by atoms with van der Waals surface area (Å²) in [5.41, 5.74) is 1.96. The molecule has 0 bridgehead atoms. The number of thiazole rings is 1. The third kappa shape index (κ3) is 4.41. The van der Waals surface area contributed by atoms with E-state index >= 15 is 0 Å². The number of anilines is 1. The van der Waals surface area contributed by atoms with Crippen LogP contribution in [-0.4, -0.2) is 23.1 Å². The van der Waals surface area contributed by atoms with Gasteiger partial charge in [0.25, 0.3) is 5.91 Å². The lowest BCUT2D eigenvalue weighted by molar-refractivity contribution is -0.120. The number of para-hydroxylation sites is 2. The van der Waals surface area contributed by atoms with Gasteiger partial charge in [-0.25, -0.2) is 9.37 Å². The monoisotopic (exact) mass is 462 g/mol. The second-order valence-electron chi connectivity index (χ2n) is 8.62. The first-order valence-electron chi connectivity index (χ1n) is 10.7. The molecular formula is C26H23FN2O3S. The summed E-state index contributed by atoms with van der Waals surface area (Å²) in [5, 5.41) is 0.434. The highest BCUT2D eigenvalue weighted by molar-refractivity contribution is 7.22. The van der Waals surface area contributed by atoms with Gasteiger partial charge in [-0.2, -0.15) is 0 Å². The van der Waals surface area contributed by atoms with E-state index in [4.69, 9.17) is 9.47 Å². The fourth-order valence-corrected chi connectivity index (χ4v) is 4.96. The lowest BCUT2D eigenvalue weighted by atomic mass is 10.0. The summed E-state index contributed by atoms with van der Waals surface area (Å²) in [5.74, 6) is 0.555. The van der Waals surface area contributed by atoms with E-state index in [0.717, 1.165) is 17.5 Å². The van der Waals surface area contributed by atoms with E-state index in [1.54, 1.807) is 17.0 Å². The predicted molar refractivity (Wildman–Crippen MR) is 128 cm³/mol. The smallest absolute Gasteiger partial charge is 0.267 e. The lowest BCUT2D eigenvalue weighted by Gasteiger charge is -2.21. The molecule has 0 aliphatic carbocycles. The van der Waals surface area contributed by atoms with E-state index < -0.39 is 5.82 Å². The van der Waals surface area contributed by atoms with Crippen LogP contribution in [0.1, 0.15) is 25.0 Å². The van der Waals surface area contributed by atoms with Crippen molar-refractivity contribution in [2.45, 2.75) is 32.4 Å². The summed E-state index contributed by atoms with van der Waals surface area (Å²) in [6.07, 6.45) is 0.783. The zero-order valence-electron chi connectivity index (χ0n) is 18.4. The van der Waals surface area contributed by atoms with Crippen molar-refractivity contribution >= 4 is 32.6 Å². The van der Waals surface area contributed by atoms with Gasteiger partial charge in [0, 0.05) is 12.0 Å². The molecule has 1 aliphatic rings. The molecule has 0 unspecified atom stereocenters. The number of fused-ring (bicyclic) bond motifs is 2. The highest BCUT2D eigenvalue weighted by Gasteiger charge is 2.32. The highest BCUT2D eigenvalue weighted by atomic mass is 32.1. The molecule has 1 aliphatic heterocycles. The predicted octanol–water partition coefficient (Wildman–Crippen LogP) is 5.76. The maximum Gasteiger partial charge on any atom is 0.267 e. The molecule has 0 saturated heterocycles. The largest absolute Gasteiger partial charge is 0.483 e. The molecule has 4 aromatic rings. The van der Waals surface area contributed by atoms with Crippen LogP contribution >= 0.6 is 11.3 Å². The maximum absolute atomic E-state index is 14.3. The number of ether oxygens (including phenoxy) is 2. The fraction of sp³-hybridized carbons (Fsp3) is 0.231. The molecule has 0 spiro atoms. The Kier molecular flexibility index (Phi) is 5.50. The van der Waals surface area contributed by atoms with Crippen molar-refractivity contribution in [1.82, 2.24) is 4.98 Å². The average molecular weight is 463 g/mol. The molecule has 0 atom stereocenters. The van der Waals surface area contributed by atoms with Gasteiger partial charge in [0.05, 0.1) is 11.2 Å². The van der Waals surface area contributed by atoms with Gasteiger partial charge in [-0.15, -0.1) is 0 Å². The van der Waals surface area contributed by atoms with Crippen LogP contribution in [0.5, 0.6) is 11.5 Å². The highest BCUT2D eigenvalue weighted by Crippen LogP contribution is 2.41. The Morgan fingerprint density at radius 1 is 1.12 bits per heavy atom. The van der Waals surface area contributed by atoms with Crippen molar-refractivity contribution < 1.29 is 18.7 Å². The summed E-state index contributed by atoms with van der Waals surface area (Å²) in [6.45, 7) is 4.16. The first kappa shape index (κ1) is 21.4. The molecule has 33 heavy (non-hydrogen) atoms. The minimum Gasteiger partial charge on any atom is -0.483 e. The van der Waals surface area contributed by atoms with E-state index in [9.17, 15) is 9.18 Å². The number of rotatable bonds is 6. The number of carbonyl (C=O) groups excluding carboxylic acids is 1. The van der Waals surface area contributed by atoms with Crippen molar-refractivity contribution in [3.63, 3.8) is 0 Å². The summed E-state index contributed by atoms with van der Waals surface area (Å²) >= 11 is 1.28. The molecule has 0 fully saturated rings. The zero-order chi connectivity index (χ0) is 23.0. The Hall–Kier alpha value is -3.45. The number of benzene rings is 3. The Balaban J connectivity index is 1.42. The molecule has 3 aromatic carbocycles. The number of hydrogen-bond acceptors (Lipinski definition) is 5. The summed E-state index contributed by atoms with van der Waals surface area (Å²) in [7, 11) is 0. The van der Waals surface area contributed by atoms with E-state index in [2.05, 4.69) is 4.98 Å². The minimum atomic E-state index is -0.405.